The number of rotatable bonds is 3. The number of likely N-dealkylation sites (tertiary alicyclic amines) is 1. The molecule has 2 atom stereocenters. The van der Waals surface area contributed by atoms with E-state index in [1.165, 1.54) is 0 Å². The predicted molar refractivity (Wildman–Crippen MR) is 105 cm³/mol. The zero-order chi connectivity index (χ0) is 20.9. The van der Waals surface area contributed by atoms with Crippen molar-refractivity contribution in [2.75, 3.05) is 25.0 Å². The smallest absolute Gasteiger partial charge is 0.325 e. The number of carbonyl (C=O) groups excluding carboxylic acids is 4. The van der Waals surface area contributed by atoms with Crippen molar-refractivity contribution in [3.05, 3.63) is 59.9 Å². The number of hydrogen-bond donors (Lipinski definition) is 2. The quantitative estimate of drug-likeness (QED) is 0.734. The Balaban J connectivity index is 1.56. The number of imide groups is 1. The minimum atomic E-state index is -0.952. The zero-order valence-electron chi connectivity index (χ0n) is 16.0. The average molecular weight is 405 g/mol. The molecule has 2 aromatic rings. The average Bonchev–Trinajstić information content (AvgIpc) is 3.40. The highest BCUT2D eigenvalue weighted by atomic mass is 16.2. The largest absolute Gasteiger partial charge is 0.333 e. The lowest BCUT2D eigenvalue weighted by Gasteiger charge is -2.34. The third-order valence-corrected chi connectivity index (χ3v) is 6.14. The molecule has 0 bridgehead atoms. The number of benzene rings is 1. The first-order valence-electron chi connectivity index (χ1n) is 9.71. The number of aromatic nitrogens is 1. The summed E-state index contributed by atoms with van der Waals surface area (Å²) in [5, 5.41) is 5.37. The molecule has 9 nitrogen and oxygen atoms in total. The van der Waals surface area contributed by atoms with E-state index in [9.17, 15) is 19.2 Å². The van der Waals surface area contributed by atoms with Crippen molar-refractivity contribution in [3.8, 4) is 0 Å². The van der Waals surface area contributed by atoms with Gasteiger partial charge in [-0.3, -0.25) is 24.3 Å². The van der Waals surface area contributed by atoms with E-state index in [2.05, 4.69) is 15.6 Å². The Hall–Kier alpha value is -3.75. The molecule has 5 amide bonds. The van der Waals surface area contributed by atoms with Crippen LogP contribution in [0.25, 0.3) is 0 Å². The SMILES string of the molecule is O=C1CNC(=O)N1CC(=O)N1CCC2(C(=O)Nc3ccccc32)C1c1cccnc1. The van der Waals surface area contributed by atoms with Crippen molar-refractivity contribution in [3.63, 3.8) is 0 Å². The van der Waals surface area contributed by atoms with Gasteiger partial charge in [0, 0.05) is 24.6 Å². The molecule has 1 aromatic heterocycles. The summed E-state index contributed by atoms with van der Waals surface area (Å²) >= 11 is 0. The Morgan fingerprint density at radius 1 is 1.17 bits per heavy atom. The molecular formula is C21H19N5O4. The minimum absolute atomic E-state index is 0.113. The van der Waals surface area contributed by atoms with Crippen molar-refractivity contribution >= 4 is 29.4 Å². The van der Waals surface area contributed by atoms with Gasteiger partial charge in [-0.2, -0.15) is 0 Å². The predicted octanol–water partition coefficient (Wildman–Crippen LogP) is 0.797. The zero-order valence-corrected chi connectivity index (χ0v) is 16.0. The van der Waals surface area contributed by atoms with Crippen LogP contribution in [-0.4, -0.2) is 58.2 Å². The minimum Gasteiger partial charge on any atom is -0.333 e. The van der Waals surface area contributed by atoms with Crippen LogP contribution in [0.4, 0.5) is 10.5 Å². The Morgan fingerprint density at radius 3 is 2.73 bits per heavy atom. The molecule has 3 aliphatic rings. The molecule has 2 unspecified atom stereocenters. The van der Waals surface area contributed by atoms with Crippen molar-refractivity contribution in [1.82, 2.24) is 20.1 Å². The number of carbonyl (C=O) groups is 4. The van der Waals surface area contributed by atoms with Crippen molar-refractivity contribution < 1.29 is 19.2 Å². The fourth-order valence-electron chi connectivity index (χ4n) is 4.80. The van der Waals surface area contributed by atoms with Gasteiger partial charge in [0.25, 0.3) is 5.91 Å². The fourth-order valence-corrected chi connectivity index (χ4v) is 4.80. The summed E-state index contributed by atoms with van der Waals surface area (Å²) in [6, 6.07) is 9.91. The molecule has 2 saturated heterocycles. The topological polar surface area (TPSA) is 112 Å². The third kappa shape index (κ3) is 2.51. The van der Waals surface area contributed by atoms with E-state index in [-0.39, 0.29) is 24.9 Å². The number of urea groups is 1. The van der Waals surface area contributed by atoms with Gasteiger partial charge in [0.1, 0.15) is 12.0 Å². The molecule has 30 heavy (non-hydrogen) atoms. The second-order valence-corrected chi connectivity index (χ2v) is 7.64. The molecule has 152 valence electrons. The molecule has 1 aromatic carbocycles. The van der Waals surface area contributed by atoms with Crippen LogP contribution in [0.5, 0.6) is 0 Å². The van der Waals surface area contributed by atoms with Crippen LogP contribution in [0.2, 0.25) is 0 Å². The number of nitrogens with zero attached hydrogens (tertiary/aromatic N) is 3. The summed E-state index contributed by atoms with van der Waals surface area (Å²) in [5.41, 5.74) is 1.35. The van der Waals surface area contributed by atoms with Gasteiger partial charge in [-0.05, 0) is 29.7 Å². The highest BCUT2D eigenvalue weighted by Crippen LogP contribution is 2.54. The maximum Gasteiger partial charge on any atom is 0.325 e. The first-order chi connectivity index (χ1) is 14.5. The van der Waals surface area contributed by atoms with Crippen molar-refractivity contribution in [2.45, 2.75) is 17.9 Å². The summed E-state index contributed by atoms with van der Waals surface area (Å²) in [6.45, 7) is -0.150. The van der Waals surface area contributed by atoms with Gasteiger partial charge in [-0.1, -0.05) is 24.3 Å². The highest BCUT2D eigenvalue weighted by molar-refractivity contribution is 6.08. The van der Waals surface area contributed by atoms with Crippen LogP contribution in [0.3, 0.4) is 0 Å². The van der Waals surface area contributed by atoms with E-state index in [1.54, 1.807) is 23.4 Å². The van der Waals surface area contributed by atoms with Crippen LogP contribution in [-0.2, 0) is 19.8 Å². The Labute approximate surface area is 172 Å². The van der Waals surface area contributed by atoms with E-state index >= 15 is 0 Å². The Bertz CT molecular complexity index is 1060. The number of pyridine rings is 1. The van der Waals surface area contributed by atoms with E-state index in [0.29, 0.717) is 13.0 Å². The van der Waals surface area contributed by atoms with Gasteiger partial charge in [0.15, 0.2) is 0 Å². The van der Waals surface area contributed by atoms with Crippen LogP contribution < -0.4 is 10.6 Å². The summed E-state index contributed by atoms with van der Waals surface area (Å²) < 4.78 is 0. The molecular weight excluding hydrogens is 386 g/mol. The molecule has 0 saturated carbocycles. The Kier molecular flexibility index (Phi) is 4.05. The van der Waals surface area contributed by atoms with Gasteiger partial charge in [0.05, 0.1) is 12.6 Å². The lowest BCUT2D eigenvalue weighted by molar-refractivity contribution is -0.138. The summed E-state index contributed by atoms with van der Waals surface area (Å²) in [5.74, 6) is -0.990. The molecule has 2 N–H and O–H groups in total. The summed E-state index contributed by atoms with van der Waals surface area (Å²) in [7, 11) is 0. The van der Waals surface area contributed by atoms with Crippen LogP contribution in [0, 0.1) is 0 Å². The van der Waals surface area contributed by atoms with Gasteiger partial charge in [-0.15, -0.1) is 0 Å². The number of nitrogens with one attached hydrogen (secondary N) is 2. The molecule has 0 aliphatic carbocycles. The fraction of sp³-hybridized carbons (Fsp3) is 0.286. The lowest BCUT2D eigenvalue weighted by atomic mass is 9.73. The standard InChI is InChI=1S/C21H19N5O4/c27-16-11-23-20(30)26(16)12-17(28)25-9-7-21(18(25)13-4-3-8-22-10-13)14-5-1-2-6-15(14)24-19(21)29/h1-6,8,10,18H,7,9,11-12H2,(H,23,30)(H,24,29). The molecule has 9 heteroatoms. The number of fused-ring (bicyclic) bond motifs is 2. The van der Waals surface area contributed by atoms with E-state index < -0.39 is 23.4 Å². The van der Waals surface area contributed by atoms with Gasteiger partial charge in [-0.25, -0.2) is 4.79 Å². The highest BCUT2D eigenvalue weighted by Gasteiger charge is 2.59. The normalized spacial score (nSPS) is 24.9. The van der Waals surface area contributed by atoms with E-state index in [1.807, 2.05) is 30.3 Å². The molecule has 1 spiro atoms. The van der Waals surface area contributed by atoms with Crippen LogP contribution in [0.1, 0.15) is 23.6 Å². The van der Waals surface area contributed by atoms with Crippen LogP contribution >= 0.6 is 0 Å². The lowest BCUT2D eigenvalue weighted by Crippen LogP contribution is -2.46. The van der Waals surface area contributed by atoms with Crippen molar-refractivity contribution in [2.24, 2.45) is 0 Å². The first kappa shape index (κ1) is 18.3. The maximum absolute atomic E-state index is 13.3. The second-order valence-electron chi connectivity index (χ2n) is 7.64. The molecule has 0 radical (unpaired) electrons. The van der Waals surface area contributed by atoms with Crippen LogP contribution in [0.15, 0.2) is 48.8 Å². The van der Waals surface area contributed by atoms with E-state index in [4.69, 9.17) is 0 Å². The molecule has 4 heterocycles. The molecule has 2 fully saturated rings. The van der Waals surface area contributed by atoms with Gasteiger partial charge < -0.3 is 15.5 Å². The first-order valence-corrected chi connectivity index (χ1v) is 9.71. The molecule has 5 rings (SSSR count). The van der Waals surface area contributed by atoms with Gasteiger partial charge >= 0.3 is 6.03 Å². The number of hydrogen-bond acceptors (Lipinski definition) is 5. The number of para-hydroxylation sites is 1. The molecule has 3 aliphatic heterocycles. The summed E-state index contributed by atoms with van der Waals surface area (Å²) in [6.07, 6.45) is 3.72. The Morgan fingerprint density at radius 2 is 2.00 bits per heavy atom. The third-order valence-electron chi connectivity index (χ3n) is 6.14. The van der Waals surface area contributed by atoms with Crippen molar-refractivity contribution in [1.29, 1.82) is 0 Å². The van der Waals surface area contributed by atoms with E-state index in [0.717, 1.165) is 21.7 Å². The summed E-state index contributed by atoms with van der Waals surface area (Å²) in [4.78, 5) is 57.0. The number of anilines is 1. The second kappa shape index (κ2) is 6.65. The monoisotopic (exact) mass is 405 g/mol. The maximum atomic E-state index is 13.3. The van der Waals surface area contributed by atoms with Gasteiger partial charge in [0.2, 0.25) is 11.8 Å². The number of amides is 5.